The van der Waals surface area contributed by atoms with E-state index in [4.69, 9.17) is 8.22 Å². The van der Waals surface area contributed by atoms with E-state index in [1.54, 1.807) is 0 Å². The van der Waals surface area contributed by atoms with Crippen LogP contribution in [-0.2, 0) is 32.4 Å². The van der Waals surface area contributed by atoms with Gasteiger partial charge in [-0.2, -0.15) is 0 Å². The molecule has 1 saturated heterocycles. The first-order valence-electron chi connectivity index (χ1n) is 10.3. The largest absolute Gasteiger partial charge is 0.506 e. The van der Waals surface area contributed by atoms with Gasteiger partial charge < -0.3 is 20.4 Å². The third-order valence-electron chi connectivity index (χ3n) is 3.36. The number of nitrogens with zero attached hydrogens (tertiary/aromatic N) is 2. The molecule has 0 spiro atoms. The maximum Gasteiger partial charge on any atom is 0.333 e. The molecule has 9 nitrogen and oxygen atoms in total. The average molecular weight is 357 g/mol. The maximum atomic E-state index is 12.2. The molecule has 2 rings (SSSR count). The molecule has 0 bridgehead atoms. The van der Waals surface area contributed by atoms with Crippen LogP contribution >= 0.6 is 0 Å². The van der Waals surface area contributed by atoms with Crippen LogP contribution in [0.1, 0.15) is 50.6 Å². The first-order chi connectivity index (χ1) is 14.2. The van der Waals surface area contributed by atoms with E-state index in [1.807, 2.05) is 0 Å². The third kappa shape index (κ3) is 4.74. The first kappa shape index (κ1) is 11.9. The molecule has 0 atom stereocenters. The number of nitrogens with one attached hydrogen (secondary N) is 1. The zero-order valence-electron chi connectivity index (χ0n) is 19.3. The number of carbonyl (C=O) groups is 3. The number of carbonyl (C=O) groups excluding carboxylic acids is 3. The summed E-state index contributed by atoms with van der Waals surface area (Å²) >= 11 is 0. The molecule has 136 valence electrons. The molecule has 9 heteroatoms. The van der Waals surface area contributed by atoms with Gasteiger partial charge in [0.25, 0.3) is 11.8 Å². The van der Waals surface area contributed by atoms with Gasteiger partial charge in [0.15, 0.2) is 0 Å². The molecule has 2 heterocycles. The van der Waals surface area contributed by atoms with E-state index in [0.29, 0.717) is 0 Å². The molecule has 1 aromatic heterocycles. The number of aromatic hydroxyl groups is 1. The lowest BCUT2D eigenvalue weighted by Gasteiger charge is -2.13. The number of aryl methyl sites for hydroxylation is 1. The van der Waals surface area contributed by atoms with Crippen molar-refractivity contribution in [1.82, 2.24) is 15.4 Å². The van der Waals surface area contributed by atoms with Crippen LogP contribution in [0.5, 0.6) is 5.75 Å². The fourth-order valence-electron chi connectivity index (χ4n) is 2.04. The Kier molecular flexibility index (Phi) is 4.08. The van der Waals surface area contributed by atoms with Gasteiger partial charge in [0.05, 0.1) is 12.3 Å². The Hall–Kier alpha value is -2.52. The maximum absolute atomic E-state index is 12.2. The Labute approximate surface area is 153 Å². The Morgan fingerprint density at radius 2 is 2.12 bits per heavy atom. The van der Waals surface area contributed by atoms with Crippen molar-refractivity contribution in [3.63, 3.8) is 0 Å². The lowest BCUT2D eigenvalue weighted by atomic mass is 10.1. The second-order valence-corrected chi connectivity index (χ2v) is 5.04. The van der Waals surface area contributed by atoms with Crippen molar-refractivity contribution in [3.05, 3.63) is 23.0 Å². The highest BCUT2D eigenvalue weighted by molar-refractivity contribution is 6.01. The van der Waals surface area contributed by atoms with Gasteiger partial charge in [-0.3, -0.25) is 14.6 Å². The average Bonchev–Trinajstić information content (AvgIpc) is 3.00. The van der Waals surface area contributed by atoms with Crippen molar-refractivity contribution in [3.8, 4) is 5.75 Å². The molecule has 3 N–H and O–H groups in total. The van der Waals surface area contributed by atoms with Crippen molar-refractivity contribution in [2.24, 2.45) is 0 Å². The first-order valence-corrected chi connectivity index (χ1v) is 7.27. The third-order valence-corrected chi connectivity index (χ3v) is 3.36. The number of aliphatic hydroxyl groups excluding tert-OH is 1. The van der Waals surface area contributed by atoms with Gasteiger partial charge in [-0.1, -0.05) is 0 Å². The number of hydroxylamine groups is 2. The van der Waals surface area contributed by atoms with E-state index >= 15 is 0 Å². The van der Waals surface area contributed by atoms with E-state index in [2.05, 4.69) is 15.1 Å². The van der Waals surface area contributed by atoms with Crippen LogP contribution in [0.4, 0.5) is 0 Å². The number of pyridine rings is 1. The number of rotatable bonds is 8. The number of imide groups is 1. The highest BCUT2D eigenvalue weighted by Crippen LogP contribution is 2.23. The molecule has 0 aromatic carbocycles. The summed E-state index contributed by atoms with van der Waals surface area (Å²) in [4.78, 5) is 43.6. The van der Waals surface area contributed by atoms with E-state index < -0.39 is 50.2 Å². The summed E-state index contributed by atoms with van der Waals surface area (Å²) in [5, 5.41) is 21.6. The summed E-state index contributed by atoms with van der Waals surface area (Å²) in [5.74, 6) is -4.15. The topological polar surface area (TPSA) is 129 Å². The Morgan fingerprint density at radius 1 is 1.44 bits per heavy atom. The normalized spacial score (nSPS) is 19.5. The summed E-state index contributed by atoms with van der Waals surface area (Å²) < 4.78 is 47.4. The highest BCUT2D eigenvalue weighted by atomic mass is 16.7. The molecule has 0 radical (unpaired) electrons. The standard InChI is InChI=1S/C16H21N3O6/c1-10-16(24)12(11(9-20)7-18-10)8-17-6-2-3-15(23)25-19-13(21)4-5-14(19)22/h7,17,20,24H,2-6,8-9H2,1H3/i2D2,3D2,6D2. The van der Waals surface area contributed by atoms with Crippen LogP contribution in [0.25, 0.3) is 0 Å². The van der Waals surface area contributed by atoms with Crippen molar-refractivity contribution in [2.75, 3.05) is 6.50 Å². The Morgan fingerprint density at radius 3 is 2.76 bits per heavy atom. The van der Waals surface area contributed by atoms with E-state index in [-0.39, 0.29) is 40.5 Å². The summed E-state index contributed by atoms with van der Waals surface area (Å²) in [6.07, 6.45) is -6.49. The molecule has 2 amide bonds. The number of aliphatic hydroxyl groups is 1. The van der Waals surface area contributed by atoms with E-state index in [9.17, 15) is 24.6 Å². The monoisotopic (exact) mass is 357 g/mol. The fourth-order valence-corrected chi connectivity index (χ4v) is 2.04. The smallest absolute Gasteiger partial charge is 0.333 e. The van der Waals surface area contributed by atoms with Gasteiger partial charge in [-0.15, -0.1) is 5.06 Å². The molecule has 0 unspecified atom stereocenters. The minimum atomic E-state index is -3.64. The van der Waals surface area contributed by atoms with Gasteiger partial charge >= 0.3 is 5.97 Å². The van der Waals surface area contributed by atoms with Gasteiger partial charge in [-0.05, 0) is 19.8 Å². The van der Waals surface area contributed by atoms with E-state index in [0.717, 1.165) is 0 Å². The zero-order chi connectivity index (χ0) is 23.8. The van der Waals surface area contributed by atoms with Crippen LogP contribution in [0.15, 0.2) is 6.20 Å². The summed E-state index contributed by atoms with van der Waals surface area (Å²) in [6, 6.07) is 0. The predicted octanol–water partition coefficient (Wildman–Crippen LogP) is 0.0649. The molecular weight excluding hydrogens is 330 g/mol. The Balaban J connectivity index is 2.24. The molecule has 1 aliphatic heterocycles. The van der Waals surface area contributed by atoms with Crippen LogP contribution in [-0.4, -0.2) is 44.5 Å². The molecule has 1 aromatic rings. The predicted molar refractivity (Wildman–Crippen MR) is 84.7 cm³/mol. The Bertz CT molecular complexity index is 894. The van der Waals surface area contributed by atoms with Crippen molar-refractivity contribution in [2.45, 2.75) is 45.7 Å². The minimum absolute atomic E-state index is 0.00562. The highest BCUT2D eigenvalue weighted by Gasteiger charge is 2.32. The van der Waals surface area contributed by atoms with Gasteiger partial charge in [0, 0.05) is 51.3 Å². The quantitative estimate of drug-likeness (QED) is 0.557. The van der Waals surface area contributed by atoms with Gasteiger partial charge in [0.1, 0.15) is 5.75 Å². The molecule has 0 saturated carbocycles. The minimum Gasteiger partial charge on any atom is -0.506 e. The number of hydrogen-bond donors (Lipinski definition) is 3. The number of hydrogen-bond acceptors (Lipinski definition) is 8. The van der Waals surface area contributed by atoms with Crippen molar-refractivity contribution in [1.29, 1.82) is 0 Å². The SMILES string of the molecule is [2H]C([2H])(NCc1c(CO)cnc(C)c1O)C([2H])([2H])C([2H])([2H])C(=O)ON1C(=O)CCC1=O. The molecule has 0 aliphatic carbocycles. The van der Waals surface area contributed by atoms with Crippen LogP contribution in [0.3, 0.4) is 0 Å². The van der Waals surface area contributed by atoms with Crippen molar-refractivity contribution >= 4 is 17.8 Å². The molecule has 25 heavy (non-hydrogen) atoms. The fraction of sp³-hybridized carbons (Fsp3) is 0.500. The summed E-state index contributed by atoms with van der Waals surface area (Å²) in [5.41, 5.74) is 0.294. The molecular formula is C16H21N3O6. The summed E-state index contributed by atoms with van der Waals surface area (Å²) in [6.45, 7) is -2.88. The number of amides is 2. The van der Waals surface area contributed by atoms with Gasteiger partial charge in [0.2, 0.25) is 0 Å². The van der Waals surface area contributed by atoms with Gasteiger partial charge in [-0.25, -0.2) is 4.79 Å². The number of aromatic nitrogens is 1. The van der Waals surface area contributed by atoms with Crippen LogP contribution in [0, 0.1) is 6.92 Å². The lowest BCUT2D eigenvalue weighted by Crippen LogP contribution is -2.32. The second kappa shape index (κ2) is 8.54. The van der Waals surface area contributed by atoms with E-state index in [1.165, 1.54) is 13.1 Å². The zero-order valence-corrected chi connectivity index (χ0v) is 13.3. The second-order valence-electron chi connectivity index (χ2n) is 5.04. The lowest BCUT2D eigenvalue weighted by molar-refractivity contribution is -0.197. The summed E-state index contributed by atoms with van der Waals surface area (Å²) in [7, 11) is 0. The van der Waals surface area contributed by atoms with Crippen molar-refractivity contribution < 1.29 is 37.7 Å². The van der Waals surface area contributed by atoms with Crippen LogP contribution < -0.4 is 5.32 Å². The molecule has 1 fully saturated rings. The van der Waals surface area contributed by atoms with Crippen LogP contribution in [0.2, 0.25) is 0 Å². The molecule has 1 aliphatic rings.